The molecule has 2 atom stereocenters. The van der Waals surface area contributed by atoms with Gasteiger partial charge in [0.1, 0.15) is 42.0 Å². The Bertz CT molecular complexity index is 1520. The number of thioether (sulfide) groups is 2. The van der Waals surface area contributed by atoms with Gasteiger partial charge in [-0.05, 0) is 6.07 Å². The number of amides is 2. The summed E-state index contributed by atoms with van der Waals surface area (Å²) in [5, 5.41) is 21.2. The van der Waals surface area contributed by atoms with E-state index in [4.69, 9.17) is 16.3 Å². The number of hydrogen-bond donors (Lipinski definition) is 4. The van der Waals surface area contributed by atoms with Gasteiger partial charge in [-0.3, -0.25) is 14.5 Å². The van der Waals surface area contributed by atoms with Crippen molar-refractivity contribution >= 4 is 69.3 Å². The van der Waals surface area contributed by atoms with Gasteiger partial charge in [0.25, 0.3) is 11.8 Å². The molecular formula is C21H23N10O5S3+. The lowest BCUT2D eigenvalue weighted by Crippen LogP contribution is -2.71. The number of carboxylic acids is 1. The molecule has 2 aliphatic rings. The van der Waals surface area contributed by atoms with Crippen LogP contribution in [0.3, 0.4) is 0 Å². The number of nitrogens with two attached hydrogens (primary N) is 2. The van der Waals surface area contributed by atoms with Gasteiger partial charge in [0.05, 0.1) is 0 Å². The Balaban J connectivity index is 1.34. The number of hydrogen-bond acceptors (Lipinski definition) is 13. The third-order valence-electron chi connectivity index (χ3n) is 5.81. The Kier molecular flexibility index (Phi) is 7.69. The smallest absolute Gasteiger partial charge is 0.352 e. The average Bonchev–Trinajstić information content (AvgIpc) is 3.54. The molecule has 0 bridgehead atoms. The molecule has 0 spiro atoms. The number of carbonyl (C=O) groups is 3. The van der Waals surface area contributed by atoms with Gasteiger partial charge in [0, 0.05) is 41.2 Å². The van der Waals surface area contributed by atoms with Crippen molar-refractivity contribution in [2.24, 2.45) is 10.9 Å². The first-order chi connectivity index (χ1) is 18.8. The lowest BCUT2D eigenvalue weighted by atomic mass is 10.0. The largest absolute Gasteiger partial charge is 0.477 e. The molecule has 18 heteroatoms. The number of oxime groups is 1. The topological polar surface area (TPSA) is 207 Å². The number of fused-ring (bicyclic) bond motifs is 2. The van der Waals surface area contributed by atoms with E-state index in [0.29, 0.717) is 17.9 Å². The minimum Gasteiger partial charge on any atom is -0.477 e. The number of β-lactam (4-membered cyclic amide) rings is 1. The maximum atomic E-state index is 13.1. The molecule has 1 fully saturated rings. The second-order valence-electron chi connectivity index (χ2n) is 8.23. The lowest BCUT2D eigenvalue weighted by Gasteiger charge is -2.49. The first kappa shape index (κ1) is 26.9. The molecule has 1 saturated heterocycles. The predicted molar refractivity (Wildman–Crippen MR) is 143 cm³/mol. The van der Waals surface area contributed by atoms with Crippen LogP contribution >= 0.6 is 35.1 Å². The number of carbonyl (C=O) groups excluding carboxylic acids is 2. The zero-order chi connectivity index (χ0) is 27.7. The third-order valence-corrected chi connectivity index (χ3v) is 8.65. The van der Waals surface area contributed by atoms with Crippen molar-refractivity contribution in [3.63, 3.8) is 0 Å². The number of carboxylic acid groups (broad SMARTS) is 1. The molecule has 0 aliphatic carbocycles. The SMILES string of the molecule is CO/N=C(\C(=O)N[C@@H]1C(=O)N2C(C(=O)O)=C(C[n+]3ccn4nc(SCCN)ccc43)CS[C@H]12)c1nsc(N)n1. The minimum absolute atomic E-state index is 0.0402. The summed E-state index contributed by atoms with van der Waals surface area (Å²) in [6, 6.07) is 2.82. The maximum Gasteiger partial charge on any atom is 0.352 e. The molecule has 0 unspecified atom stereocenters. The lowest BCUT2D eigenvalue weighted by molar-refractivity contribution is -0.662. The molecule has 2 amide bonds. The quantitative estimate of drug-likeness (QED) is 0.0728. The van der Waals surface area contributed by atoms with Crippen molar-refractivity contribution in [1.82, 2.24) is 29.2 Å². The molecule has 0 aromatic carbocycles. The van der Waals surface area contributed by atoms with E-state index in [2.05, 4.69) is 24.9 Å². The van der Waals surface area contributed by atoms with Crippen LogP contribution in [0.2, 0.25) is 0 Å². The van der Waals surface area contributed by atoms with Gasteiger partial charge in [0.15, 0.2) is 11.3 Å². The van der Waals surface area contributed by atoms with Crippen LogP contribution in [-0.2, 0) is 25.8 Å². The highest BCUT2D eigenvalue weighted by Gasteiger charge is 2.54. The zero-order valence-electron chi connectivity index (χ0n) is 20.4. The second kappa shape index (κ2) is 11.2. The summed E-state index contributed by atoms with van der Waals surface area (Å²) < 4.78 is 7.54. The van der Waals surface area contributed by atoms with E-state index in [1.54, 1.807) is 28.7 Å². The molecule has 0 saturated carbocycles. The fourth-order valence-electron chi connectivity index (χ4n) is 4.17. The van der Waals surface area contributed by atoms with Crippen LogP contribution in [0.1, 0.15) is 5.82 Å². The molecule has 0 radical (unpaired) electrons. The first-order valence-electron chi connectivity index (χ1n) is 11.4. The van der Waals surface area contributed by atoms with Gasteiger partial charge < -0.3 is 26.7 Å². The summed E-state index contributed by atoms with van der Waals surface area (Å²) >= 11 is 3.78. The molecule has 2 aliphatic heterocycles. The number of nitrogens with zero attached hydrogens (tertiary/aromatic N) is 7. The highest BCUT2D eigenvalue weighted by atomic mass is 32.2. The fraction of sp³-hybridized carbons (Fsp3) is 0.333. The normalized spacial score (nSPS) is 19.2. The standard InChI is InChI=1S/C21H22N10O5S3/c1-36-27-13(16-25-21(23)39-28-16)17(32)24-14-18(33)31-15(20(34)35)10(9-38-19(14)31)8-29-5-6-30-12(29)3-2-11(26-30)37-7-4-22/h2-3,5-6,14,19H,4,7-9,22H2,1H3,(H3-,23,24,25,28,32,34,35)/p+1/b27-13-/t14-,19-/m1/s1. The highest BCUT2D eigenvalue weighted by Crippen LogP contribution is 2.40. The number of nitrogens with one attached hydrogen (secondary N) is 1. The summed E-state index contributed by atoms with van der Waals surface area (Å²) in [5.41, 5.74) is 12.2. The van der Waals surface area contributed by atoms with E-state index in [1.165, 1.54) is 23.8 Å². The van der Waals surface area contributed by atoms with Crippen molar-refractivity contribution < 1.29 is 28.9 Å². The highest BCUT2D eigenvalue weighted by molar-refractivity contribution is 8.00. The number of aromatic nitrogens is 5. The number of rotatable bonds is 10. The van der Waals surface area contributed by atoms with Crippen LogP contribution in [0, 0.1) is 0 Å². The van der Waals surface area contributed by atoms with Crippen LogP contribution in [0.5, 0.6) is 0 Å². The monoisotopic (exact) mass is 591 g/mol. The molecule has 5 heterocycles. The van der Waals surface area contributed by atoms with Gasteiger partial charge in [0.2, 0.25) is 11.5 Å². The molecule has 15 nitrogen and oxygen atoms in total. The van der Waals surface area contributed by atoms with Crippen LogP contribution in [-0.4, -0.2) is 89.0 Å². The summed E-state index contributed by atoms with van der Waals surface area (Å²) in [5.74, 6) is -1.47. The van der Waals surface area contributed by atoms with Crippen LogP contribution in [0.25, 0.3) is 5.65 Å². The van der Waals surface area contributed by atoms with Gasteiger partial charge in [-0.15, -0.1) is 28.0 Å². The molecular weight excluding hydrogens is 568 g/mol. The van der Waals surface area contributed by atoms with Crippen molar-refractivity contribution in [3.05, 3.63) is 41.6 Å². The maximum absolute atomic E-state index is 13.1. The third kappa shape index (κ3) is 5.14. The Hall–Kier alpha value is -3.74. The summed E-state index contributed by atoms with van der Waals surface area (Å²) in [6.45, 7) is 0.790. The first-order valence-corrected chi connectivity index (χ1v) is 14.3. The van der Waals surface area contributed by atoms with E-state index < -0.39 is 29.2 Å². The Morgan fingerprint density at radius 2 is 2.23 bits per heavy atom. The molecule has 5 rings (SSSR count). The zero-order valence-corrected chi connectivity index (χ0v) is 22.8. The number of anilines is 1. The van der Waals surface area contributed by atoms with Crippen molar-refractivity contribution in [3.8, 4) is 0 Å². The Morgan fingerprint density at radius 3 is 2.92 bits per heavy atom. The average molecular weight is 592 g/mol. The summed E-state index contributed by atoms with van der Waals surface area (Å²) in [4.78, 5) is 48.2. The molecule has 39 heavy (non-hydrogen) atoms. The number of aliphatic carboxylic acids is 1. The number of nitrogen functional groups attached to an aromatic ring is 1. The van der Waals surface area contributed by atoms with E-state index in [1.807, 2.05) is 16.7 Å². The predicted octanol–water partition coefficient (Wildman–Crippen LogP) is -1.10. The van der Waals surface area contributed by atoms with Gasteiger partial charge in [-0.2, -0.15) is 9.36 Å². The van der Waals surface area contributed by atoms with E-state index >= 15 is 0 Å². The molecule has 204 valence electrons. The molecule has 6 N–H and O–H groups in total. The van der Waals surface area contributed by atoms with Crippen LogP contribution in [0.4, 0.5) is 5.13 Å². The Labute approximate surface area is 233 Å². The van der Waals surface area contributed by atoms with Gasteiger partial charge in [-0.1, -0.05) is 10.3 Å². The van der Waals surface area contributed by atoms with Gasteiger partial charge in [-0.25, -0.2) is 9.36 Å². The molecule has 3 aromatic rings. The fourth-order valence-corrected chi connectivity index (χ4v) is 6.58. The minimum atomic E-state index is -1.22. The Morgan fingerprint density at radius 1 is 1.41 bits per heavy atom. The van der Waals surface area contributed by atoms with Crippen molar-refractivity contribution in [2.75, 3.05) is 30.9 Å². The summed E-state index contributed by atoms with van der Waals surface area (Å²) in [6.07, 6.45) is 3.59. The van der Waals surface area contributed by atoms with E-state index in [-0.39, 0.29) is 28.9 Å². The second-order valence-corrected chi connectivity index (χ2v) is 11.2. The van der Waals surface area contributed by atoms with Crippen molar-refractivity contribution in [2.45, 2.75) is 23.0 Å². The summed E-state index contributed by atoms with van der Waals surface area (Å²) in [7, 11) is 1.25. The van der Waals surface area contributed by atoms with Gasteiger partial charge >= 0.3 is 11.6 Å². The van der Waals surface area contributed by atoms with E-state index in [0.717, 1.165) is 28.0 Å². The molecule has 3 aromatic heterocycles. The van der Waals surface area contributed by atoms with Crippen LogP contribution in [0.15, 0.2) is 46.0 Å². The van der Waals surface area contributed by atoms with Crippen molar-refractivity contribution in [1.29, 1.82) is 0 Å². The van der Waals surface area contributed by atoms with Crippen LogP contribution < -0.4 is 21.4 Å². The van der Waals surface area contributed by atoms with E-state index in [9.17, 15) is 19.5 Å². The number of imidazole rings is 1.